The average Bonchev–Trinajstić information content (AvgIpc) is 2.84. The molecule has 1 N–H and O–H groups in total. The highest BCUT2D eigenvalue weighted by Crippen LogP contribution is 2.29. The molecule has 1 aliphatic carbocycles. The summed E-state index contributed by atoms with van der Waals surface area (Å²) in [6.07, 6.45) is 4.37. The van der Waals surface area contributed by atoms with E-state index in [0.717, 1.165) is 30.4 Å². The van der Waals surface area contributed by atoms with Crippen molar-refractivity contribution in [2.45, 2.75) is 37.8 Å². The highest BCUT2D eigenvalue weighted by molar-refractivity contribution is 7.10. The SMILES string of the molecule is O=C(Cc1cccs1)NC1CCN(C2CC2)C1. The molecule has 92 valence electrons. The van der Waals surface area contributed by atoms with Gasteiger partial charge in [-0.05, 0) is 30.7 Å². The van der Waals surface area contributed by atoms with E-state index in [-0.39, 0.29) is 5.91 Å². The van der Waals surface area contributed by atoms with Gasteiger partial charge in [-0.2, -0.15) is 0 Å². The third kappa shape index (κ3) is 2.87. The molecule has 2 heterocycles. The summed E-state index contributed by atoms with van der Waals surface area (Å²) in [6, 6.07) is 5.23. The van der Waals surface area contributed by atoms with Crippen molar-refractivity contribution < 1.29 is 4.79 Å². The van der Waals surface area contributed by atoms with Gasteiger partial charge in [0.25, 0.3) is 0 Å². The van der Waals surface area contributed by atoms with Crippen LogP contribution in [-0.4, -0.2) is 36.0 Å². The third-order valence-corrected chi connectivity index (χ3v) is 4.44. The molecule has 0 radical (unpaired) electrons. The van der Waals surface area contributed by atoms with E-state index in [4.69, 9.17) is 0 Å². The number of likely N-dealkylation sites (tertiary alicyclic amines) is 1. The van der Waals surface area contributed by atoms with E-state index >= 15 is 0 Å². The van der Waals surface area contributed by atoms with Crippen molar-refractivity contribution in [2.75, 3.05) is 13.1 Å². The molecule has 0 aromatic carbocycles. The first kappa shape index (κ1) is 11.2. The number of thiophene rings is 1. The molecule has 1 saturated heterocycles. The summed E-state index contributed by atoms with van der Waals surface area (Å²) >= 11 is 1.65. The normalized spacial score (nSPS) is 25.1. The minimum Gasteiger partial charge on any atom is -0.352 e. The Morgan fingerprint density at radius 2 is 2.35 bits per heavy atom. The van der Waals surface area contributed by atoms with Crippen LogP contribution in [0.4, 0.5) is 0 Å². The Hall–Kier alpha value is -0.870. The van der Waals surface area contributed by atoms with Crippen LogP contribution in [0.1, 0.15) is 24.1 Å². The van der Waals surface area contributed by atoms with Gasteiger partial charge in [0.15, 0.2) is 0 Å². The van der Waals surface area contributed by atoms with Crippen molar-refractivity contribution in [1.82, 2.24) is 10.2 Å². The zero-order valence-electron chi connectivity index (χ0n) is 9.89. The van der Waals surface area contributed by atoms with Gasteiger partial charge in [-0.3, -0.25) is 9.69 Å². The predicted molar refractivity (Wildman–Crippen MR) is 69.2 cm³/mol. The lowest BCUT2D eigenvalue weighted by Gasteiger charge is -2.15. The van der Waals surface area contributed by atoms with Gasteiger partial charge in [-0.15, -0.1) is 11.3 Å². The molecule has 1 amide bonds. The third-order valence-electron chi connectivity index (χ3n) is 3.56. The van der Waals surface area contributed by atoms with Crippen LogP contribution in [0.5, 0.6) is 0 Å². The topological polar surface area (TPSA) is 32.3 Å². The van der Waals surface area contributed by atoms with Crippen molar-refractivity contribution >= 4 is 17.2 Å². The molecular formula is C13H18N2OS. The molecule has 3 rings (SSSR count). The molecule has 1 atom stereocenters. The van der Waals surface area contributed by atoms with Crippen LogP contribution < -0.4 is 5.32 Å². The first-order chi connectivity index (χ1) is 8.31. The Balaban J connectivity index is 1.45. The quantitative estimate of drug-likeness (QED) is 0.881. The summed E-state index contributed by atoms with van der Waals surface area (Å²) in [6.45, 7) is 2.22. The lowest BCUT2D eigenvalue weighted by molar-refractivity contribution is -0.121. The van der Waals surface area contributed by atoms with Crippen molar-refractivity contribution in [1.29, 1.82) is 0 Å². The monoisotopic (exact) mass is 250 g/mol. The second kappa shape index (κ2) is 4.78. The Kier molecular flexibility index (Phi) is 3.16. The van der Waals surface area contributed by atoms with Crippen LogP contribution in [0.2, 0.25) is 0 Å². The zero-order chi connectivity index (χ0) is 11.7. The maximum Gasteiger partial charge on any atom is 0.225 e. The summed E-state index contributed by atoms with van der Waals surface area (Å²) in [5, 5.41) is 5.18. The fourth-order valence-electron chi connectivity index (χ4n) is 2.53. The van der Waals surface area contributed by atoms with Gasteiger partial charge in [0.2, 0.25) is 5.91 Å². The first-order valence-electron chi connectivity index (χ1n) is 6.37. The fourth-order valence-corrected chi connectivity index (χ4v) is 3.23. The van der Waals surface area contributed by atoms with Gasteiger partial charge in [-0.1, -0.05) is 6.07 Å². The predicted octanol–water partition coefficient (Wildman–Crippen LogP) is 1.64. The van der Waals surface area contributed by atoms with Gasteiger partial charge >= 0.3 is 0 Å². The van der Waals surface area contributed by atoms with Gasteiger partial charge in [0, 0.05) is 30.1 Å². The van der Waals surface area contributed by atoms with Gasteiger partial charge < -0.3 is 5.32 Å². The van der Waals surface area contributed by atoms with Crippen LogP contribution in [-0.2, 0) is 11.2 Å². The van der Waals surface area contributed by atoms with E-state index in [1.54, 1.807) is 11.3 Å². The summed E-state index contributed by atoms with van der Waals surface area (Å²) in [5.41, 5.74) is 0. The number of nitrogens with zero attached hydrogens (tertiary/aromatic N) is 1. The Morgan fingerprint density at radius 3 is 3.06 bits per heavy atom. The molecule has 1 saturated carbocycles. The Labute approximate surface area is 106 Å². The van der Waals surface area contributed by atoms with E-state index in [1.165, 1.54) is 12.8 Å². The van der Waals surface area contributed by atoms with Crippen LogP contribution in [0.15, 0.2) is 17.5 Å². The summed E-state index contributed by atoms with van der Waals surface area (Å²) < 4.78 is 0. The number of carbonyl (C=O) groups excluding carboxylic acids is 1. The highest BCUT2D eigenvalue weighted by atomic mass is 32.1. The van der Waals surface area contributed by atoms with Crippen LogP contribution in [0.3, 0.4) is 0 Å². The largest absolute Gasteiger partial charge is 0.352 e. The second-order valence-corrected chi connectivity index (χ2v) is 6.07. The Morgan fingerprint density at radius 1 is 1.47 bits per heavy atom. The smallest absolute Gasteiger partial charge is 0.225 e. The number of carbonyl (C=O) groups is 1. The molecule has 2 fully saturated rings. The number of amides is 1. The molecule has 17 heavy (non-hydrogen) atoms. The standard InChI is InChI=1S/C13H18N2OS/c16-13(8-12-2-1-7-17-12)14-10-5-6-15(9-10)11-3-4-11/h1-2,7,10-11H,3-6,8-9H2,(H,14,16). The van der Waals surface area contributed by atoms with Crippen LogP contribution in [0, 0.1) is 0 Å². The first-order valence-corrected chi connectivity index (χ1v) is 7.25. The molecule has 0 spiro atoms. The highest BCUT2D eigenvalue weighted by Gasteiger charge is 2.34. The van der Waals surface area contributed by atoms with Gasteiger partial charge in [-0.25, -0.2) is 0 Å². The lowest BCUT2D eigenvalue weighted by Crippen LogP contribution is -2.38. The maximum atomic E-state index is 11.8. The molecule has 0 bridgehead atoms. The second-order valence-electron chi connectivity index (χ2n) is 5.04. The molecule has 1 aromatic rings. The lowest BCUT2D eigenvalue weighted by atomic mass is 10.2. The molecular weight excluding hydrogens is 232 g/mol. The van der Waals surface area contributed by atoms with Crippen molar-refractivity contribution in [3.63, 3.8) is 0 Å². The summed E-state index contributed by atoms with van der Waals surface area (Å²) in [5.74, 6) is 0.176. The number of rotatable bonds is 4. The average molecular weight is 250 g/mol. The molecule has 1 aliphatic heterocycles. The van der Waals surface area contributed by atoms with Crippen LogP contribution >= 0.6 is 11.3 Å². The van der Waals surface area contributed by atoms with Crippen molar-refractivity contribution in [3.05, 3.63) is 22.4 Å². The van der Waals surface area contributed by atoms with E-state index in [2.05, 4.69) is 10.2 Å². The number of hydrogen-bond acceptors (Lipinski definition) is 3. The minimum atomic E-state index is 0.176. The van der Waals surface area contributed by atoms with Crippen molar-refractivity contribution in [2.24, 2.45) is 0 Å². The van der Waals surface area contributed by atoms with Gasteiger partial charge in [0.05, 0.1) is 6.42 Å². The Bertz CT molecular complexity index is 386. The van der Waals surface area contributed by atoms with E-state index in [1.807, 2.05) is 17.5 Å². The number of hydrogen-bond donors (Lipinski definition) is 1. The fraction of sp³-hybridized carbons (Fsp3) is 0.615. The van der Waals surface area contributed by atoms with E-state index in [9.17, 15) is 4.79 Å². The van der Waals surface area contributed by atoms with Gasteiger partial charge in [0.1, 0.15) is 0 Å². The van der Waals surface area contributed by atoms with E-state index < -0.39 is 0 Å². The summed E-state index contributed by atoms with van der Waals surface area (Å²) in [4.78, 5) is 15.5. The van der Waals surface area contributed by atoms with Crippen LogP contribution in [0.25, 0.3) is 0 Å². The molecule has 4 heteroatoms. The van der Waals surface area contributed by atoms with E-state index in [0.29, 0.717) is 12.5 Å². The molecule has 1 unspecified atom stereocenters. The number of nitrogens with one attached hydrogen (secondary N) is 1. The molecule has 3 nitrogen and oxygen atoms in total. The minimum absolute atomic E-state index is 0.176. The molecule has 1 aromatic heterocycles. The summed E-state index contributed by atoms with van der Waals surface area (Å²) in [7, 11) is 0. The maximum absolute atomic E-state index is 11.8. The van der Waals surface area contributed by atoms with Crippen molar-refractivity contribution in [3.8, 4) is 0 Å². The molecule has 2 aliphatic rings. The zero-order valence-corrected chi connectivity index (χ0v) is 10.7.